The third kappa shape index (κ3) is 2.77. The van der Waals surface area contributed by atoms with Crippen molar-refractivity contribution in [2.75, 3.05) is 19.0 Å². The number of halogens is 1. The maximum Gasteiger partial charge on any atom is 0.289 e. The van der Waals surface area contributed by atoms with E-state index < -0.39 is 0 Å². The van der Waals surface area contributed by atoms with Gasteiger partial charge in [-0.2, -0.15) is 0 Å². The van der Waals surface area contributed by atoms with Gasteiger partial charge in [0.15, 0.2) is 5.76 Å². The van der Waals surface area contributed by atoms with Gasteiger partial charge in [0.05, 0.1) is 6.26 Å². The van der Waals surface area contributed by atoms with Gasteiger partial charge in [0, 0.05) is 19.0 Å². The van der Waals surface area contributed by atoms with Gasteiger partial charge < -0.3 is 9.32 Å². The van der Waals surface area contributed by atoms with E-state index in [1.807, 2.05) is 6.92 Å². The van der Waals surface area contributed by atoms with Crippen molar-refractivity contribution < 1.29 is 9.21 Å². The van der Waals surface area contributed by atoms with E-state index in [2.05, 4.69) is 0 Å². The number of carbonyl (C=O) groups is 1. The summed E-state index contributed by atoms with van der Waals surface area (Å²) in [5.41, 5.74) is 0. The van der Waals surface area contributed by atoms with Crippen LogP contribution in [-0.2, 0) is 0 Å². The van der Waals surface area contributed by atoms with Crippen molar-refractivity contribution in [2.45, 2.75) is 13.3 Å². The molecule has 0 spiro atoms. The molecule has 4 heteroatoms. The highest BCUT2D eigenvalue weighted by Crippen LogP contribution is 2.06. The Morgan fingerprint density at radius 2 is 2.36 bits per heavy atom. The Kier molecular flexibility index (Phi) is 4.53. The number of carbonyl (C=O) groups excluding carboxylic acids is 1. The summed E-state index contributed by atoms with van der Waals surface area (Å²) < 4.78 is 5.03. The lowest BCUT2D eigenvalue weighted by Gasteiger charge is -2.19. The maximum atomic E-state index is 11.8. The van der Waals surface area contributed by atoms with Crippen molar-refractivity contribution in [1.29, 1.82) is 0 Å². The highest BCUT2D eigenvalue weighted by atomic mass is 35.5. The molecule has 0 fully saturated rings. The Bertz CT molecular complexity index is 266. The van der Waals surface area contributed by atoms with Gasteiger partial charge in [-0.25, -0.2) is 0 Å². The molecule has 0 aromatic carbocycles. The lowest BCUT2D eigenvalue weighted by molar-refractivity contribution is 0.0733. The second kappa shape index (κ2) is 5.70. The molecule has 0 atom stereocenters. The highest BCUT2D eigenvalue weighted by molar-refractivity contribution is 6.18. The maximum absolute atomic E-state index is 11.8. The Hall–Kier alpha value is -0.960. The first-order chi connectivity index (χ1) is 6.79. The first-order valence-corrected chi connectivity index (χ1v) is 5.21. The number of amides is 1. The minimum absolute atomic E-state index is 0.0856. The fourth-order valence-electron chi connectivity index (χ4n) is 1.24. The van der Waals surface area contributed by atoms with Gasteiger partial charge in [0.1, 0.15) is 0 Å². The van der Waals surface area contributed by atoms with E-state index in [0.29, 0.717) is 24.7 Å². The largest absolute Gasteiger partial charge is 0.459 e. The zero-order chi connectivity index (χ0) is 10.4. The molecule has 0 saturated heterocycles. The zero-order valence-corrected chi connectivity index (χ0v) is 8.96. The molecule has 0 bridgehead atoms. The summed E-state index contributed by atoms with van der Waals surface area (Å²) in [6.45, 7) is 3.30. The first-order valence-electron chi connectivity index (χ1n) is 4.68. The van der Waals surface area contributed by atoms with Crippen molar-refractivity contribution in [2.24, 2.45) is 0 Å². The van der Waals surface area contributed by atoms with Crippen LogP contribution in [0.3, 0.4) is 0 Å². The molecule has 14 heavy (non-hydrogen) atoms. The van der Waals surface area contributed by atoms with E-state index in [1.54, 1.807) is 17.0 Å². The van der Waals surface area contributed by atoms with Crippen LogP contribution in [0.5, 0.6) is 0 Å². The summed E-state index contributed by atoms with van der Waals surface area (Å²) in [5.74, 6) is 0.743. The molecular formula is C10H14ClNO2. The van der Waals surface area contributed by atoms with Crippen LogP contribution in [-0.4, -0.2) is 29.8 Å². The molecule has 0 saturated carbocycles. The molecule has 0 aliphatic rings. The van der Waals surface area contributed by atoms with Crippen LogP contribution in [0.15, 0.2) is 22.8 Å². The van der Waals surface area contributed by atoms with Crippen LogP contribution >= 0.6 is 11.6 Å². The molecule has 0 radical (unpaired) electrons. The van der Waals surface area contributed by atoms with Crippen LogP contribution in [0.1, 0.15) is 23.9 Å². The van der Waals surface area contributed by atoms with Gasteiger partial charge in [-0.05, 0) is 18.6 Å². The number of rotatable bonds is 5. The van der Waals surface area contributed by atoms with Crippen LogP contribution in [0.2, 0.25) is 0 Å². The molecule has 1 rings (SSSR count). The number of alkyl halides is 1. The van der Waals surface area contributed by atoms with Gasteiger partial charge in [-0.15, -0.1) is 11.6 Å². The quantitative estimate of drug-likeness (QED) is 0.707. The number of furan rings is 1. The number of hydrogen-bond donors (Lipinski definition) is 0. The molecule has 1 aromatic rings. The fraction of sp³-hybridized carbons (Fsp3) is 0.500. The van der Waals surface area contributed by atoms with Crippen LogP contribution in [0, 0.1) is 0 Å². The molecule has 0 aliphatic carbocycles. The van der Waals surface area contributed by atoms with E-state index >= 15 is 0 Å². The molecule has 0 unspecified atom stereocenters. The van der Waals surface area contributed by atoms with Gasteiger partial charge >= 0.3 is 0 Å². The minimum Gasteiger partial charge on any atom is -0.459 e. The topological polar surface area (TPSA) is 33.5 Å². The summed E-state index contributed by atoms with van der Waals surface area (Å²) in [4.78, 5) is 13.5. The van der Waals surface area contributed by atoms with Gasteiger partial charge in [-0.1, -0.05) is 6.92 Å². The van der Waals surface area contributed by atoms with Crippen molar-refractivity contribution in [3.05, 3.63) is 24.2 Å². The van der Waals surface area contributed by atoms with Gasteiger partial charge in [0.25, 0.3) is 5.91 Å². The minimum atomic E-state index is -0.0856. The first kappa shape index (κ1) is 11.1. The van der Waals surface area contributed by atoms with E-state index in [-0.39, 0.29) is 5.91 Å². The predicted molar refractivity (Wildman–Crippen MR) is 55.6 cm³/mol. The van der Waals surface area contributed by atoms with Crippen molar-refractivity contribution in [3.8, 4) is 0 Å². The van der Waals surface area contributed by atoms with Gasteiger partial charge in [0.2, 0.25) is 0 Å². The average molecular weight is 216 g/mol. The van der Waals surface area contributed by atoms with Gasteiger partial charge in [-0.3, -0.25) is 4.79 Å². The summed E-state index contributed by atoms with van der Waals surface area (Å²) in [6, 6.07) is 3.37. The van der Waals surface area contributed by atoms with Crippen LogP contribution < -0.4 is 0 Å². The lowest BCUT2D eigenvalue weighted by Crippen LogP contribution is -2.33. The van der Waals surface area contributed by atoms with Crippen LogP contribution in [0.25, 0.3) is 0 Å². The number of nitrogens with zero attached hydrogens (tertiary/aromatic N) is 1. The smallest absolute Gasteiger partial charge is 0.289 e. The standard InChI is InChI=1S/C10H14ClNO2/c1-2-6-12(7-5-11)10(13)9-4-3-8-14-9/h3-4,8H,2,5-7H2,1H3. The van der Waals surface area contributed by atoms with Crippen molar-refractivity contribution in [1.82, 2.24) is 4.90 Å². The van der Waals surface area contributed by atoms with E-state index in [4.69, 9.17) is 16.0 Å². The normalized spacial score (nSPS) is 10.1. The third-order valence-corrected chi connectivity index (χ3v) is 2.04. The lowest BCUT2D eigenvalue weighted by atomic mass is 10.3. The molecule has 0 aliphatic heterocycles. The average Bonchev–Trinajstić information content (AvgIpc) is 2.69. The summed E-state index contributed by atoms with van der Waals surface area (Å²) in [6.07, 6.45) is 2.42. The fourth-order valence-corrected chi connectivity index (χ4v) is 1.45. The molecule has 78 valence electrons. The van der Waals surface area contributed by atoms with E-state index in [9.17, 15) is 4.79 Å². The number of hydrogen-bond acceptors (Lipinski definition) is 2. The zero-order valence-electron chi connectivity index (χ0n) is 8.20. The summed E-state index contributed by atoms with van der Waals surface area (Å²) in [5, 5.41) is 0. The molecule has 0 N–H and O–H groups in total. The Morgan fingerprint density at radius 3 is 2.86 bits per heavy atom. The SMILES string of the molecule is CCCN(CCCl)C(=O)c1ccco1. The van der Waals surface area contributed by atoms with E-state index in [0.717, 1.165) is 6.42 Å². The molecule has 1 amide bonds. The Balaban J connectivity index is 2.63. The molecular weight excluding hydrogens is 202 g/mol. The Morgan fingerprint density at radius 1 is 1.57 bits per heavy atom. The summed E-state index contributed by atoms with van der Waals surface area (Å²) >= 11 is 5.61. The second-order valence-electron chi connectivity index (χ2n) is 2.96. The molecule has 1 aromatic heterocycles. The Labute approximate surface area is 88.6 Å². The summed E-state index contributed by atoms with van der Waals surface area (Å²) in [7, 11) is 0. The predicted octanol–water partition coefficient (Wildman–Crippen LogP) is 2.37. The molecule has 3 nitrogen and oxygen atoms in total. The van der Waals surface area contributed by atoms with E-state index in [1.165, 1.54) is 6.26 Å². The highest BCUT2D eigenvalue weighted by Gasteiger charge is 2.16. The molecule has 1 heterocycles. The van der Waals surface area contributed by atoms with Crippen molar-refractivity contribution in [3.63, 3.8) is 0 Å². The third-order valence-electron chi connectivity index (χ3n) is 1.87. The van der Waals surface area contributed by atoms with Crippen molar-refractivity contribution >= 4 is 17.5 Å². The second-order valence-corrected chi connectivity index (χ2v) is 3.34. The monoisotopic (exact) mass is 215 g/mol. The van der Waals surface area contributed by atoms with Crippen LogP contribution in [0.4, 0.5) is 0 Å².